The summed E-state index contributed by atoms with van der Waals surface area (Å²) in [4.78, 5) is 33.6. The molecular weight excluding hydrogens is 352 g/mol. The van der Waals surface area contributed by atoms with Gasteiger partial charge in [-0.3, -0.25) is 14.5 Å². The van der Waals surface area contributed by atoms with E-state index >= 15 is 0 Å². The van der Waals surface area contributed by atoms with Crippen molar-refractivity contribution >= 4 is 34.1 Å². The Hall–Kier alpha value is -2.70. The third-order valence-corrected chi connectivity index (χ3v) is 4.47. The van der Waals surface area contributed by atoms with Crippen LogP contribution >= 0.6 is 11.6 Å². The molecule has 2 N–H and O–H groups in total. The second-order valence-electron chi connectivity index (χ2n) is 6.12. The fraction of sp³-hybridized carbons (Fsp3) is 0.211. The molecule has 0 radical (unpaired) electrons. The maximum Gasteiger partial charge on any atom is 0.258 e. The standard InChI is InChI=1S/C19H19ClN4O2/c1-12(18(25)21-14-9-7-13(20)8-10-14)24(2)11-17-22-16-6-4-3-5-15(16)19(26)23-17/h3-10,12H,11H2,1-2H3,(H,21,25)(H,22,23,26). The lowest BCUT2D eigenvalue weighted by molar-refractivity contribution is -0.120. The van der Waals surface area contributed by atoms with Gasteiger partial charge in [-0.15, -0.1) is 0 Å². The normalized spacial score (nSPS) is 12.3. The minimum Gasteiger partial charge on any atom is -0.325 e. The first kappa shape index (κ1) is 18.1. The summed E-state index contributed by atoms with van der Waals surface area (Å²) >= 11 is 5.85. The van der Waals surface area contributed by atoms with E-state index in [-0.39, 0.29) is 11.5 Å². The van der Waals surface area contributed by atoms with Crippen LogP contribution in [0.5, 0.6) is 0 Å². The molecule has 26 heavy (non-hydrogen) atoms. The Kier molecular flexibility index (Phi) is 5.35. The largest absolute Gasteiger partial charge is 0.325 e. The Bertz CT molecular complexity index is 985. The second-order valence-corrected chi connectivity index (χ2v) is 6.55. The molecule has 3 rings (SSSR count). The van der Waals surface area contributed by atoms with Crippen molar-refractivity contribution in [2.75, 3.05) is 12.4 Å². The van der Waals surface area contributed by atoms with Gasteiger partial charge in [-0.2, -0.15) is 0 Å². The molecule has 6 nitrogen and oxygen atoms in total. The van der Waals surface area contributed by atoms with Crippen molar-refractivity contribution < 1.29 is 4.79 Å². The summed E-state index contributed by atoms with van der Waals surface area (Å²) in [6.45, 7) is 2.14. The SMILES string of the molecule is CC(C(=O)Nc1ccc(Cl)cc1)N(C)Cc1nc2ccccc2c(=O)[nH]1. The van der Waals surface area contributed by atoms with E-state index in [1.165, 1.54) is 0 Å². The van der Waals surface area contributed by atoms with Gasteiger partial charge in [0, 0.05) is 10.7 Å². The van der Waals surface area contributed by atoms with Gasteiger partial charge < -0.3 is 10.3 Å². The van der Waals surface area contributed by atoms with Crippen LogP contribution in [-0.4, -0.2) is 33.9 Å². The number of carbonyl (C=O) groups is 1. The number of likely N-dealkylation sites (N-methyl/N-ethyl adjacent to an activating group) is 1. The van der Waals surface area contributed by atoms with Crippen molar-refractivity contribution in [2.24, 2.45) is 0 Å². The molecule has 0 aliphatic heterocycles. The number of fused-ring (bicyclic) bond motifs is 1. The van der Waals surface area contributed by atoms with Gasteiger partial charge in [-0.25, -0.2) is 4.98 Å². The van der Waals surface area contributed by atoms with Crippen LogP contribution in [0.4, 0.5) is 5.69 Å². The first-order valence-electron chi connectivity index (χ1n) is 8.18. The minimum atomic E-state index is -0.414. The molecule has 0 fully saturated rings. The van der Waals surface area contributed by atoms with E-state index in [1.54, 1.807) is 56.4 Å². The highest BCUT2D eigenvalue weighted by molar-refractivity contribution is 6.30. The number of carbonyl (C=O) groups excluding carboxylic acids is 1. The van der Waals surface area contributed by atoms with E-state index in [4.69, 9.17) is 11.6 Å². The number of nitrogens with one attached hydrogen (secondary N) is 2. The lowest BCUT2D eigenvalue weighted by Gasteiger charge is -2.23. The molecule has 7 heteroatoms. The fourth-order valence-corrected chi connectivity index (χ4v) is 2.69. The van der Waals surface area contributed by atoms with Gasteiger partial charge in [0.2, 0.25) is 5.91 Å². The molecule has 2 aromatic carbocycles. The Morgan fingerprint density at radius 3 is 2.65 bits per heavy atom. The summed E-state index contributed by atoms with van der Waals surface area (Å²) < 4.78 is 0. The zero-order valence-electron chi connectivity index (χ0n) is 14.5. The van der Waals surface area contributed by atoms with Gasteiger partial charge in [0.15, 0.2) is 0 Å². The number of halogens is 1. The molecule has 1 unspecified atom stereocenters. The lowest BCUT2D eigenvalue weighted by atomic mass is 10.2. The number of aromatic nitrogens is 2. The highest BCUT2D eigenvalue weighted by atomic mass is 35.5. The van der Waals surface area contributed by atoms with Crippen molar-refractivity contribution in [1.29, 1.82) is 0 Å². The molecule has 0 aliphatic rings. The number of amides is 1. The van der Waals surface area contributed by atoms with Gasteiger partial charge >= 0.3 is 0 Å². The first-order valence-corrected chi connectivity index (χ1v) is 8.56. The summed E-state index contributed by atoms with van der Waals surface area (Å²) in [5.41, 5.74) is 1.13. The third kappa shape index (κ3) is 4.09. The third-order valence-electron chi connectivity index (χ3n) is 4.21. The van der Waals surface area contributed by atoms with Crippen LogP contribution in [0.2, 0.25) is 5.02 Å². The summed E-state index contributed by atoms with van der Waals surface area (Å²) in [6.07, 6.45) is 0. The molecule has 1 atom stereocenters. The number of hydrogen-bond acceptors (Lipinski definition) is 4. The van der Waals surface area contributed by atoms with E-state index in [0.717, 1.165) is 0 Å². The number of aromatic amines is 1. The monoisotopic (exact) mass is 370 g/mol. The van der Waals surface area contributed by atoms with E-state index in [9.17, 15) is 9.59 Å². The summed E-state index contributed by atoms with van der Waals surface area (Å²) in [5, 5.41) is 4.00. The average Bonchev–Trinajstić information content (AvgIpc) is 2.63. The predicted octanol–water partition coefficient (Wildman–Crippen LogP) is 3.04. The summed E-state index contributed by atoms with van der Waals surface area (Å²) in [5.74, 6) is 0.361. The number of H-pyrrole nitrogens is 1. The van der Waals surface area contributed by atoms with E-state index < -0.39 is 6.04 Å². The van der Waals surface area contributed by atoms with Gasteiger partial charge in [0.25, 0.3) is 5.56 Å². The van der Waals surface area contributed by atoms with E-state index in [0.29, 0.717) is 34.0 Å². The second kappa shape index (κ2) is 7.68. The van der Waals surface area contributed by atoms with Crippen LogP contribution in [0.1, 0.15) is 12.7 Å². The molecule has 3 aromatic rings. The molecule has 1 aromatic heterocycles. The van der Waals surface area contributed by atoms with Crippen molar-refractivity contribution in [1.82, 2.24) is 14.9 Å². The molecule has 1 heterocycles. The van der Waals surface area contributed by atoms with Gasteiger partial charge in [-0.1, -0.05) is 23.7 Å². The van der Waals surface area contributed by atoms with Crippen LogP contribution in [0, 0.1) is 0 Å². The topological polar surface area (TPSA) is 78.1 Å². The predicted molar refractivity (Wildman–Crippen MR) is 103 cm³/mol. The van der Waals surface area contributed by atoms with E-state index in [2.05, 4.69) is 15.3 Å². The van der Waals surface area contributed by atoms with E-state index in [1.807, 2.05) is 11.0 Å². The number of hydrogen-bond donors (Lipinski definition) is 2. The van der Waals surface area contributed by atoms with Crippen molar-refractivity contribution in [3.63, 3.8) is 0 Å². The zero-order valence-corrected chi connectivity index (χ0v) is 15.2. The van der Waals surface area contributed by atoms with Gasteiger partial charge in [-0.05, 0) is 50.4 Å². The van der Waals surface area contributed by atoms with Crippen molar-refractivity contribution in [3.8, 4) is 0 Å². The molecule has 0 aliphatic carbocycles. The van der Waals surface area contributed by atoms with Crippen molar-refractivity contribution in [2.45, 2.75) is 19.5 Å². The Morgan fingerprint density at radius 1 is 1.23 bits per heavy atom. The number of anilines is 1. The molecule has 0 bridgehead atoms. The number of nitrogens with zero attached hydrogens (tertiary/aromatic N) is 2. The molecule has 0 saturated carbocycles. The van der Waals surface area contributed by atoms with Crippen LogP contribution in [0.25, 0.3) is 10.9 Å². The zero-order chi connectivity index (χ0) is 18.7. The molecule has 0 spiro atoms. The van der Waals surface area contributed by atoms with Crippen LogP contribution in [0.15, 0.2) is 53.3 Å². The summed E-state index contributed by atoms with van der Waals surface area (Å²) in [6, 6.07) is 13.7. The smallest absolute Gasteiger partial charge is 0.258 e. The molecular formula is C19H19ClN4O2. The highest BCUT2D eigenvalue weighted by Gasteiger charge is 2.19. The quantitative estimate of drug-likeness (QED) is 0.723. The highest BCUT2D eigenvalue weighted by Crippen LogP contribution is 2.14. The average molecular weight is 371 g/mol. The van der Waals surface area contributed by atoms with Crippen LogP contribution in [-0.2, 0) is 11.3 Å². The van der Waals surface area contributed by atoms with Crippen molar-refractivity contribution in [3.05, 3.63) is 69.7 Å². The maximum absolute atomic E-state index is 12.4. The molecule has 0 saturated heterocycles. The Labute approximate surface area is 155 Å². The number of rotatable bonds is 5. The lowest BCUT2D eigenvalue weighted by Crippen LogP contribution is -2.39. The number of benzene rings is 2. The first-order chi connectivity index (χ1) is 12.4. The Morgan fingerprint density at radius 2 is 1.92 bits per heavy atom. The van der Waals surface area contributed by atoms with Crippen LogP contribution < -0.4 is 10.9 Å². The Balaban J connectivity index is 1.70. The molecule has 134 valence electrons. The fourth-order valence-electron chi connectivity index (χ4n) is 2.56. The minimum absolute atomic E-state index is 0.155. The molecule has 1 amide bonds. The summed E-state index contributed by atoms with van der Waals surface area (Å²) in [7, 11) is 1.81. The number of para-hydroxylation sites is 1. The van der Waals surface area contributed by atoms with Gasteiger partial charge in [0.1, 0.15) is 5.82 Å². The van der Waals surface area contributed by atoms with Crippen LogP contribution in [0.3, 0.4) is 0 Å². The maximum atomic E-state index is 12.4. The van der Waals surface area contributed by atoms with Gasteiger partial charge in [0.05, 0.1) is 23.5 Å².